The van der Waals surface area contributed by atoms with Crippen molar-refractivity contribution in [3.8, 4) is 0 Å². The molecule has 28 heteroatoms. The number of nitrogens with one attached hydrogen (secondary N) is 7. The highest BCUT2D eigenvalue weighted by Crippen LogP contribution is 2.20. The van der Waals surface area contributed by atoms with Gasteiger partial charge >= 0.3 is 11.9 Å². The van der Waals surface area contributed by atoms with Crippen LogP contribution in [0.4, 0.5) is 0 Å². The highest BCUT2D eigenvalue weighted by molar-refractivity contribution is 6.00. The van der Waals surface area contributed by atoms with Crippen LogP contribution < -0.4 is 60.2 Å². The third-order valence-electron chi connectivity index (χ3n) is 10.9. The van der Waals surface area contributed by atoms with E-state index in [9.17, 15) is 77.6 Å². The Morgan fingerprint density at radius 1 is 0.620 bits per heavy atom. The van der Waals surface area contributed by atoms with Gasteiger partial charge in [0.25, 0.3) is 0 Å². The number of benzene rings is 1. The second-order valence-corrected chi connectivity index (χ2v) is 17.2. The molecule has 0 bridgehead atoms. The number of carbonyl (C=O) groups is 13. The van der Waals surface area contributed by atoms with Crippen LogP contribution in [0.25, 0.3) is 0 Å². The lowest BCUT2D eigenvalue weighted by molar-refractivity contribution is -0.143. The number of hydrogen-bond donors (Lipinski definition) is 14. The van der Waals surface area contributed by atoms with Gasteiger partial charge in [-0.15, -0.1) is 0 Å². The molecule has 0 aliphatic carbocycles. The van der Waals surface area contributed by atoms with Crippen LogP contribution in [0.15, 0.2) is 30.3 Å². The number of carbonyl (C=O) groups excluding carboxylic acids is 11. The lowest BCUT2D eigenvalue weighted by Crippen LogP contribution is -2.63. The van der Waals surface area contributed by atoms with Gasteiger partial charge in [0.05, 0.1) is 31.4 Å². The van der Waals surface area contributed by atoms with Crippen molar-refractivity contribution in [3.63, 3.8) is 0 Å². The van der Waals surface area contributed by atoms with E-state index in [-0.39, 0.29) is 19.4 Å². The Balaban J connectivity index is 2.36. The summed E-state index contributed by atoms with van der Waals surface area (Å²) in [6, 6.07) is -6.32. The van der Waals surface area contributed by atoms with E-state index in [2.05, 4.69) is 37.2 Å². The van der Waals surface area contributed by atoms with Gasteiger partial charge in [-0.1, -0.05) is 44.2 Å². The van der Waals surface area contributed by atoms with Crippen LogP contribution in [0.5, 0.6) is 0 Å². The third kappa shape index (κ3) is 19.6. The van der Waals surface area contributed by atoms with E-state index in [1.165, 1.54) is 13.8 Å². The summed E-state index contributed by atoms with van der Waals surface area (Å²) >= 11 is 0. The normalized spacial score (nSPS) is 16.9. The molecule has 0 unspecified atom stereocenters. The molecule has 1 aliphatic rings. The first-order valence-electron chi connectivity index (χ1n) is 22.3. The quantitative estimate of drug-likeness (QED) is 0.0355. The fourth-order valence-corrected chi connectivity index (χ4v) is 7.12. The average molecular weight is 1010 g/mol. The van der Waals surface area contributed by atoms with Crippen molar-refractivity contribution < 1.29 is 77.6 Å². The van der Waals surface area contributed by atoms with Gasteiger partial charge < -0.3 is 80.4 Å². The zero-order chi connectivity index (χ0) is 53.9. The summed E-state index contributed by atoms with van der Waals surface area (Å²) in [6.45, 7) is 5.20. The second kappa shape index (κ2) is 28.0. The van der Waals surface area contributed by atoms with E-state index in [1.807, 2.05) is 0 Å². The Hall–Kier alpha value is -7.75. The molecular weight excluding hydrogens is 941 g/mol. The summed E-state index contributed by atoms with van der Waals surface area (Å²) in [7, 11) is 0. The molecule has 1 heterocycles. The number of carboxylic acids is 2. The van der Waals surface area contributed by atoms with Crippen molar-refractivity contribution >= 4 is 76.9 Å². The maximum atomic E-state index is 14.0. The van der Waals surface area contributed by atoms with E-state index >= 15 is 0 Å². The zero-order valence-corrected chi connectivity index (χ0v) is 39.5. The van der Waals surface area contributed by atoms with Crippen molar-refractivity contribution in [1.29, 1.82) is 0 Å². The van der Waals surface area contributed by atoms with Crippen molar-refractivity contribution in [2.75, 3.05) is 6.54 Å². The highest BCUT2D eigenvalue weighted by Gasteiger charge is 2.40. The van der Waals surface area contributed by atoms with Gasteiger partial charge in [0.2, 0.25) is 65.0 Å². The Morgan fingerprint density at radius 3 is 1.65 bits per heavy atom. The number of nitrogens with zero attached hydrogens (tertiary/aromatic N) is 1. The van der Waals surface area contributed by atoms with Crippen LogP contribution in [0, 0.1) is 5.92 Å². The number of rotatable bonds is 29. The molecule has 28 nitrogen and oxygen atoms in total. The molecule has 0 spiro atoms. The minimum absolute atomic E-state index is 0.0606. The molecule has 0 saturated carbocycles. The summed E-state index contributed by atoms with van der Waals surface area (Å²) in [5, 5.41) is 45.4. The van der Waals surface area contributed by atoms with Crippen LogP contribution in [-0.4, -0.2) is 164 Å². The number of nitrogens with two attached hydrogens (primary N) is 4. The molecule has 0 radical (unpaired) electrons. The summed E-state index contributed by atoms with van der Waals surface area (Å²) in [6.07, 6.45) is -4.90. The molecule has 18 N–H and O–H groups in total. The minimum Gasteiger partial charge on any atom is -0.481 e. The number of likely N-dealkylation sites (tertiary alicyclic amines) is 1. The molecule has 1 fully saturated rings. The number of primary amides is 3. The highest BCUT2D eigenvalue weighted by atomic mass is 16.4. The maximum absolute atomic E-state index is 14.0. The first-order valence-corrected chi connectivity index (χ1v) is 22.3. The summed E-state index contributed by atoms with van der Waals surface area (Å²) < 4.78 is 0. The van der Waals surface area contributed by atoms with Gasteiger partial charge in [-0.3, -0.25) is 62.3 Å². The number of carboxylic acid groups (broad SMARTS) is 2. The molecule has 392 valence electrons. The zero-order valence-electron chi connectivity index (χ0n) is 39.5. The molecule has 1 saturated heterocycles. The number of hydrogen-bond acceptors (Lipinski definition) is 15. The first kappa shape index (κ1) is 59.4. The average Bonchev–Trinajstić information content (AvgIpc) is 3.77. The predicted molar refractivity (Wildman–Crippen MR) is 245 cm³/mol. The number of aliphatic carboxylic acids is 2. The molecule has 1 aromatic rings. The molecule has 1 aliphatic heterocycles. The molecule has 0 aromatic heterocycles. The summed E-state index contributed by atoms with van der Waals surface area (Å²) in [5.41, 5.74) is 22.1. The smallest absolute Gasteiger partial charge is 0.325 e. The fraction of sp³-hybridized carbons (Fsp3) is 0.558. The molecule has 71 heavy (non-hydrogen) atoms. The number of aliphatic hydroxyl groups is 1. The van der Waals surface area contributed by atoms with Gasteiger partial charge in [-0.05, 0) is 44.6 Å². The predicted octanol–water partition coefficient (Wildman–Crippen LogP) is -6.43. The van der Waals surface area contributed by atoms with Crippen LogP contribution in [0.1, 0.15) is 78.2 Å². The molecule has 11 amide bonds. The molecule has 1 aromatic carbocycles. The lowest BCUT2D eigenvalue weighted by Gasteiger charge is -2.30. The Bertz CT molecular complexity index is 2160. The lowest BCUT2D eigenvalue weighted by atomic mass is 9.99. The van der Waals surface area contributed by atoms with Crippen molar-refractivity contribution in [3.05, 3.63) is 35.9 Å². The monoisotopic (exact) mass is 1000 g/mol. The van der Waals surface area contributed by atoms with Gasteiger partial charge in [-0.2, -0.15) is 0 Å². The molecule has 2 rings (SSSR count). The molecule has 10 atom stereocenters. The van der Waals surface area contributed by atoms with Crippen LogP contribution in [0.2, 0.25) is 0 Å². The minimum atomic E-state index is -1.92. The van der Waals surface area contributed by atoms with Gasteiger partial charge in [0.1, 0.15) is 48.3 Å². The summed E-state index contributed by atoms with van der Waals surface area (Å²) in [5.74, 6) is -15.2. The largest absolute Gasteiger partial charge is 0.481 e. The van der Waals surface area contributed by atoms with Crippen molar-refractivity contribution in [1.82, 2.24) is 42.1 Å². The Morgan fingerprint density at radius 2 is 1.13 bits per heavy atom. The van der Waals surface area contributed by atoms with Crippen LogP contribution in [0.3, 0.4) is 0 Å². The first-order chi connectivity index (χ1) is 33.1. The van der Waals surface area contributed by atoms with E-state index < -0.39 is 175 Å². The van der Waals surface area contributed by atoms with Gasteiger partial charge in [0, 0.05) is 19.4 Å². The SMILES string of the molecule is CC(C)[C@H](NC(=O)[C@@H](NC(=O)[C@H](CC(N)=O)NC(=O)[C@H](CCC(N)=O)NC(=O)[C@@H]1CCCN1C(=O)[C@@H](N)CC(N)=O)[C@@H](C)O)C(=O)N[C@@H](Cc1ccccc1)C(=O)N[C@@H](CC(=O)O)C(=O)N[C@@H](C)C(=O)O. The topological polar surface area (TPSA) is 474 Å². The number of aliphatic hydroxyl groups excluding tert-OH is 1. The van der Waals surface area contributed by atoms with Crippen molar-refractivity contribution in [2.45, 2.75) is 140 Å². The van der Waals surface area contributed by atoms with E-state index in [1.54, 1.807) is 30.3 Å². The fourth-order valence-electron chi connectivity index (χ4n) is 7.12. The van der Waals surface area contributed by atoms with Gasteiger partial charge in [0.15, 0.2) is 0 Å². The Kier molecular flexibility index (Phi) is 23.5. The van der Waals surface area contributed by atoms with E-state index in [0.717, 1.165) is 18.7 Å². The second-order valence-electron chi connectivity index (χ2n) is 17.2. The van der Waals surface area contributed by atoms with Crippen LogP contribution >= 0.6 is 0 Å². The Labute approximate surface area is 406 Å². The number of amides is 11. The maximum Gasteiger partial charge on any atom is 0.325 e. The van der Waals surface area contributed by atoms with Crippen molar-refractivity contribution in [2.24, 2.45) is 28.9 Å². The molecular formula is C43H64N12O16. The van der Waals surface area contributed by atoms with E-state index in [0.29, 0.717) is 12.0 Å². The van der Waals surface area contributed by atoms with Crippen LogP contribution in [-0.2, 0) is 68.7 Å². The summed E-state index contributed by atoms with van der Waals surface area (Å²) in [4.78, 5) is 168. The standard InChI is InChI=1S/C43H64N12O16/c1-19(2)33(40(67)52-25(15-22-9-6-5-7-10-22)37(64)51-27(18-32(60)61)36(63)48-20(3)43(70)71)53-41(68)34(21(4)56)54-38(65)26(17-31(47)59)50-35(62)24(12-13-29(45)57)49-39(66)28-11-8-14-55(28)42(69)23(44)16-30(46)58/h5-7,9-10,19-21,23-28,33-34,56H,8,11-18,44H2,1-4H3,(H2,45,57)(H2,46,58)(H2,47,59)(H,48,63)(H,49,66)(H,50,62)(H,51,64)(H,52,67)(H,53,68)(H,54,65)(H,60,61)(H,70,71)/t20-,21+,23-,24-,25-,26-,27-,28-,33-,34-/m0/s1. The van der Waals surface area contributed by atoms with E-state index in [4.69, 9.17) is 22.9 Å². The third-order valence-corrected chi connectivity index (χ3v) is 10.9. The van der Waals surface area contributed by atoms with Gasteiger partial charge in [-0.25, -0.2) is 0 Å².